The molecule has 0 aliphatic rings. The fourth-order valence-electron chi connectivity index (χ4n) is 2.69. The van der Waals surface area contributed by atoms with Crippen LogP contribution in [0.3, 0.4) is 0 Å². The van der Waals surface area contributed by atoms with Crippen molar-refractivity contribution in [2.75, 3.05) is 20.8 Å². The Kier molecular flexibility index (Phi) is 5.51. The van der Waals surface area contributed by atoms with E-state index in [0.29, 0.717) is 28.2 Å². The third-order valence-electron chi connectivity index (χ3n) is 4.13. The minimum absolute atomic E-state index is 0.0811. The SMILES string of the molecule is COc1ccc(C(=O)COC(=O)c2oc3ccc(Br)cc3c2C)c(OC)c1. The maximum Gasteiger partial charge on any atom is 0.375 e. The molecule has 0 fully saturated rings. The number of hydrogen-bond donors (Lipinski definition) is 0. The molecule has 0 aliphatic heterocycles. The number of Topliss-reactive ketones (excluding diaryl/α,β-unsaturated/α-hetero) is 1. The molecule has 2 aromatic carbocycles. The standard InChI is InChI=1S/C20H17BrO6/c1-11-15-8-12(21)4-7-17(15)27-19(11)20(23)26-10-16(22)14-6-5-13(24-2)9-18(14)25-3/h4-9H,10H2,1-3H3. The van der Waals surface area contributed by atoms with Crippen LogP contribution < -0.4 is 9.47 Å². The highest BCUT2D eigenvalue weighted by Gasteiger charge is 2.21. The van der Waals surface area contributed by atoms with Crippen LogP contribution >= 0.6 is 15.9 Å². The van der Waals surface area contributed by atoms with Crippen molar-refractivity contribution >= 4 is 38.7 Å². The van der Waals surface area contributed by atoms with Crippen molar-refractivity contribution in [1.82, 2.24) is 0 Å². The van der Waals surface area contributed by atoms with E-state index in [9.17, 15) is 9.59 Å². The van der Waals surface area contributed by atoms with E-state index in [4.69, 9.17) is 18.6 Å². The highest BCUT2D eigenvalue weighted by molar-refractivity contribution is 9.10. The largest absolute Gasteiger partial charge is 0.497 e. The van der Waals surface area contributed by atoms with Gasteiger partial charge in [0.05, 0.1) is 19.8 Å². The van der Waals surface area contributed by atoms with Crippen LogP contribution in [0.15, 0.2) is 45.3 Å². The Morgan fingerprint density at radius 2 is 1.85 bits per heavy atom. The van der Waals surface area contributed by atoms with Crippen molar-refractivity contribution < 1.29 is 28.2 Å². The van der Waals surface area contributed by atoms with E-state index in [0.717, 1.165) is 9.86 Å². The van der Waals surface area contributed by atoms with Gasteiger partial charge in [0.1, 0.15) is 17.1 Å². The van der Waals surface area contributed by atoms with E-state index < -0.39 is 12.6 Å². The average Bonchev–Trinajstić information content (AvgIpc) is 3.01. The molecule has 27 heavy (non-hydrogen) atoms. The lowest BCUT2D eigenvalue weighted by atomic mass is 10.1. The van der Waals surface area contributed by atoms with Gasteiger partial charge in [0.15, 0.2) is 6.61 Å². The minimum Gasteiger partial charge on any atom is -0.497 e. The smallest absolute Gasteiger partial charge is 0.375 e. The normalized spacial score (nSPS) is 10.7. The highest BCUT2D eigenvalue weighted by Crippen LogP contribution is 2.29. The molecule has 7 heteroatoms. The fraction of sp³-hybridized carbons (Fsp3) is 0.200. The molecule has 0 radical (unpaired) electrons. The number of carbonyl (C=O) groups excluding carboxylic acids is 2. The Balaban J connectivity index is 1.76. The van der Waals surface area contributed by atoms with E-state index in [1.54, 1.807) is 31.2 Å². The Morgan fingerprint density at radius 3 is 2.56 bits per heavy atom. The Morgan fingerprint density at radius 1 is 1.07 bits per heavy atom. The molecule has 3 aromatic rings. The van der Waals surface area contributed by atoms with E-state index in [1.807, 2.05) is 12.1 Å². The van der Waals surface area contributed by atoms with Gasteiger partial charge in [-0.05, 0) is 37.3 Å². The van der Waals surface area contributed by atoms with Gasteiger partial charge in [0.2, 0.25) is 11.5 Å². The molecule has 0 aliphatic carbocycles. The van der Waals surface area contributed by atoms with Gasteiger partial charge in [-0.3, -0.25) is 4.79 Å². The number of methoxy groups -OCH3 is 2. The number of hydrogen-bond acceptors (Lipinski definition) is 6. The number of ether oxygens (including phenoxy) is 3. The molecule has 0 saturated heterocycles. The number of rotatable bonds is 6. The van der Waals surface area contributed by atoms with Crippen molar-refractivity contribution in [3.8, 4) is 11.5 Å². The van der Waals surface area contributed by atoms with Crippen LogP contribution in [0.1, 0.15) is 26.5 Å². The number of furan rings is 1. The second kappa shape index (κ2) is 7.84. The van der Waals surface area contributed by atoms with Crippen LogP contribution in [0.25, 0.3) is 11.0 Å². The number of benzene rings is 2. The highest BCUT2D eigenvalue weighted by atomic mass is 79.9. The molecule has 1 heterocycles. The van der Waals surface area contributed by atoms with Crippen LogP contribution in [0.5, 0.6) is 11.5 Å². The molecule has 0 saturated carbocycles. The lowest BCUT2D eigenvalue weighted by Gasteiger charge is -2.09. The molecular formula is C20H17BrO6. The number of ketones is 1. The first-order chi connectivity index (χ1) is 12.9. The van der Waals surface area contributed by atoms with Crippen molar-refractivity contribution in [2.24, 2.45) is 0 Å². The summed E-state index contributed by atoms with van der Waals surface area (Å²) in [6.45, 7) is 1.34. The second-order valence-electron chi connectivity index (χ2n) is 5.76. The molecule has 6 nitrogen and oxygen atoms in total. The Bertz CT molecular complexity index is 1020. The number of halogens is 1. The molecule has 140 valence electrons. The van der Waals surface area contributed by atoms with Crippen LogP contribution in [-0.4, -0.2) is 32.6 Å². The summed E-state index contributed by atoms with van der Waals surface area (Å²) in [5, 5.41) is 0.805. The molecule has 0 bridgehead atoms. The van der Waals surface area contributed by atoms with Crippen LogP contribution in [0.2, 0.25) is 0 Å². The van der Waals surface area contributed by atoms with Gasteiger partial charge < -0.3 is 18.6 Å². The molecule has 0 unspecified atom stereocenters. The van der Waals surface area contributed by atoms with Crippen molar-refractivity contribution in [1.29, 1.82) is 0 Å². The monoisotopic (exact) mass is 432 g/mol. The predicted molar refractivity (Wildman–Crippen MR) is 103 cm³/mol. The zero-order valence-electron chi connectivity index (χ0n) is 15.0. The molecule has 1 aromatic heterocycles. The lowest BCUT2D eigenvalue weighted by molar-refractivity contribution is 0.0444. The average molecular weight is 433 g/mol. The van der Waals surface area contributed by atoms with Gasteiger partial charge >= 0.3 is 5.97 Å². The summed E-state index contributed by atoms with van der Waals surface area (Å²) in [5.41, 5.74) is 1.54. The summed E-state index contributed by atoms with van der Waals surface area (Å²) in [4.78, 5) is 24.8. The van der Waals surface area contributed by atoms with E-state index in [1.165, 1.54) is 14.2 Å². The lowest BCUT2D eigenvalue weighted by Crippen LogP contribution is -2.15. The maximum absolute atomic E-state index is 12.4. The minimum atomic E-state index is -0.694. The van der Waals surface area contributed by atoms with Gasteiger partial charge in [0, 0.05) is 21.5 Å². The number of fused-ring (bicyclic) bond motifs is 1. The molecule has 0 N–H and O–H groups in total. The van der Waals surface area contributed by atoms with Crippen LogP contribution in [-0.2, 0) is 4.74 Å². The molecule has 0 spiro atoms. The number of carbonyl (C=O) groups is 2. The van der Waals surface area contributed by atoms with E-state index in [-0.39, 0.29) is 11.5 Å². The summed E-state index contributed by atoms with van der Waals surface area (Å²) < 4.78 is 21.9. The van der Waals surface area contributed by atoms with Gasteiger partial charge in [0.25, 0.3) is 0 Å². The number of esters is 1. The van der Waals surface area contributed by atoms with Gasteiger partial charge in [-0.25, -0.2) is 4.79 Å². The first-order valence-electron chi connectivity index (χ1n) is 8.05. The maximum atomic E-state index is 12.4. The predicted octanol–water partition coefficient (Wildman–Crippen LogP) is 4.56. The zero-order chi connectivity index (χ0) is 19.6. The Labute approximate surface area is 164 Å². The summed E-state index contributed by atoms with van der Waals surface area (Å²) >= 11 is 3.39. The summed E-state index contributed by atoms with van der Waals surface area (Å²) in [7, 11) is 2.97. The van der Waals surface area contributed by atoms with E-state index in [2.05, 4.69) is 15.9 Å². The molecule has 3 rings (SSSR count). The molecule has 0 amide bonds. The molecule has 0 atom stereocenters. The fourth-order valence-corrected chi connectivity index (χ4v) is 3.05. The van der Waals surface area contributed by atoms with Gasteiger partial charge in [-0.1, -0.05) is 15.9 Å². The van der Waals surface area contributed by atoms with Gasteiger partial charge in [-0.15, -0.1) is 0 Å². The van der Waals surface area contributed by atoms with E-state index >= 15 is 0 Å². The third kappa shape index (κ3) is 3.83. The summed E-state index contributed by atoms with van der Waals surface area (Å²) in [5.74, 6) is -0.0952. The van der Waals surface area contributed by atoms with Crippen molar-refractivity contribution in [3.05, 3.63) is 57.8 Å². The second-order valence-corrected chi connectivity index (χ2v) is 6.68. The first kappa shape index (κ1) is 19.0. The summed E-state index contributed by atoms with van der Waals surface area (Å²) in [6, 6.07) is 10.2. The van der Waals surface area contributed by atoms with Crippen LogP contribution in [0.4, 0.5) is 0 Å². The summed E-state index contributed by atoms with van der Waals surface area (Å²) in [6.07, 6.45) is 0. The Hall–Kier alpha value is -2.80. The van der Waals surface area contributed by atoms with Crippen LogP contribution in [0, 0.1) is 6.92 Å². The van der Waals surface area contributed by atoms with Crippen molar-refractivity contribution in [2.45, 2.75) is 6.92 Å². The quantitative estimate of drug-likeness (QED) is 0.419. The third-order valence-corrected chi connectivity index (χ3v) is 4.62. The zero-order valence-corrected chi connectivity index (χ0v) is 16.6. The molecular weight excluding hydrogens is 416 g/mol. The number of aryl methyl sites for hydroxylation is 1. The first-order valence-corrected chi connectivity index (χ1v) is 8.85. The van der Waals surface area contributed by atoms with Crippen molar-refractivity contribution in [3.63, 3.8) is 0 Å². The van der Waals surface area contributed by atoms with Gasteiger partial charge in [-0.2, -0.15) is 0 Å². The topological polar surface area (TPSA) is 75.0 Å².